The third kappa shape index (κ3) is 1.26. The lowest BCUT2D eigenvalue weighted by molar-refractivity contribution is 1.75. The third-order valence-electron chi connectivity index (χ3n) is 3.51. The Bertz CT molecular complexity index is 797. The molecule has 0 aliphatic heterocycles. The van der Waals surface area contributed by atoms with Crippen molar-refractivity contribution < 1.29 is 0 Å². The Morgan fingerprint density at radius 3 is 2.44 bits per heavy atom. The van der Waals surface area contributed by atoms with Gasteiger partial charge in [0.25, 0.3) is 0 Å². The number of hydrogen-bond donors (Lipinski definition) is 0. The molecule has 4 aromatic carbocycles. The van der Waals surface area contributed by atoms with E-state index in [1.165, 1.54) is 26.9 Å². The van der Waals surface area contributed by atoms with E-state index in [4.69, 9.17) is 0 Å². The van der Waals surface area contributed by atoms with Gasteiger partial charge in [-0.3, -0.25) is 0 Å². The second-order valence-corrected chi connectivity index (χ2v) is 4.51. The summed E-state index contributed by atoms with van der Waals surface area (Å²) in [4.78, 5) is 0. The molecule has 0 heteroatoms. The first-order valence-electron chi connectivity index (χ1n) is 6.06. The van der Waals surface area contributed by atoms with Crippen molar-refractivity contribution in [2.24, 2.45) is 0 Å². The molecule has 0 aromatic heterocycles. The normalized spacial score (nSPS) is 11.3. The lowest BCUT2D eigenvalue weighted by Crippen LogP contribution is -1.80. The van der Waals surface area contributed by atoms with Gasteiger partial charge in [0.2, 0.25) is 0 Å². The van der Waals surface area contributed by atoms with E-state index in [0.717, 1.165) is 5.39 Å². The molecule has 0 heterocycles. The molecule has 0 atom stereocenters. The van der Waals surface area contributed by atoms with Gasteiger partial charge in [0.1, 0.15) is 0 Å². The topological polar surface area (TPSA) is 0 Å². The van der Waals surface area contributed by atoms with Crippen molar-refractivity contribution in [2.45, 2.75) is 0 Å². The molecule has 0 bridgehead atoms. The maximum absolute atomic E-state index is 3.17. The van der Waals surface area contributed by atoms with Crippen LogP contribution >= 0.6 is 0 Å². The molecule has 82 valence electrons. The molecular formula is C18H10. The molecule has 2 radical (unpaired) electrons. The molecule has 0 amide bonds. The van der Waals surface area contributed by atoms with E-state index in [9.17, 15) is 0 Å². The first-order valence-corrected chi connectivity index (χ1v) is 6.06. The van der Waals surface area contributed by atoms with Crippen molar-refractivity contribution in [3.05, 3.63) is 72.8 Å². The Morgan fingerprint density at radius 2 is 1.44 bits per heavy atom. The summed E-state index contributed by atoms with van der Waals surface area (Å²) in [6, 6.07) is 27.4. The van der Waals surface area contributed by atoms with Crippen molar-refractivity contribution in [3.63, 3.8) is 0 Å². The van der Waals surface area contributed by atoms with Gasteiger partial charge in [0.15, 0.2) is 0 Å². The van der Waals surface area contributed by atoms with Crippen LogP contribution in [-0.4, -0.2) is 0 Å². The SMILES string of the molecule is [c]1[c]c2ccc3c4ccccc4ccc3c2cc1. The molecule has 0 spiro atoms. The molecule has 0 unspecified atom stereocenters. The van der Waals surface area contributed by atoms with Crippen LogP contribution in [0.1, 0.15) is 0 Å². The number of rotatable bonds is 0. The Balaban J connectivity index is 2.31. The Kier molecular flexibility index (Phi) is 1.92. The van der Waals surface area contributed by atoms with E-state index < -0.39 is 0 Å². The molecule has 0 aliphatic carbocycles. The van der Waals surface area contributed by atoms with E-state index in [1.54, 1.807) is 0 Å². The van der Waals surface area contributed by atoms with Crippen LogP contribution < -0.4 is 0 Å². The lowest BCUT2D eigenvalue weighted by atomic mass is 9.97. The molecule has 0 nitrogen and oxygen atoms in total. The van der Waals surface area contributed by atoms with Crippen molar-refractivity contribution >= 4 is 32.3 Å². The monoisotopic (exact) mass is 226 g/mol. The van der Waals surface area contributed by atoms with Crippen molar-refractivity contribution in [1.29, 1.82) is 0 Å². The second-order valence-electron chi connectivity index (χ2n) is 4.51. The minimum absolute atomic E-state index is 1.13. The molecule has 4 aromatic rings. The van der Waals surface area contributed by atoms with Gasteiger partial charge in [0.05, 0.1) is 0 Å². The number of benzene rings is 4. The van der Waals surface area contributed by atoms with E-state index >= 15 is 0 Å². The molecule has 0 N–H and O–H groups in total. The maximum Gasteiger partial charge on any atom is -0.00139 e. The average Bonchev–Trinajstić information content (AvgIpc) is 2.46. The molecule has 0 fully saturated rings. The summed E-state index contributed by atoms with van der Waals surface area (Å²) >= 11 is 0. The summed E-state index contributed by atoms with van der Waals surface area (Å²) in [5.41, 5.74) is 0. The zero-order chi connectivity index (χ0) is 11.9. The number of hydrogen-bond acceptors (Lipinski definition) is 0. The zero-order valence-corrected chi connectivity index (χ0v) is 9.77. The molecule has 4 rings (SSSR count). The maximum atomic E-state index is 3.17. The van der Waals surface area contributed by atoms with Crippen LogP contribution in [0.3, 0.4) is 0 Å². The van der Waals surface area contributed by atoms with Crippen molar-refractivity contribution in [1.82, 2.24) is 0 Å². The summed E-state index contributed by atoms with van der Waals surface area (Å²) < 4.78 is 0. The fourth-order valence-corrected chi connectivity index (χ4v) is 2.64. The van der Waals surface area contributed by atoms with Gasteiger partial charge >= 0.3 is 0 Å². The highest BCUT2D eigenvalue weighted by Crippen LogP contribution is 2.30. The van der Waals surface area contributed by atoms with Gasteiger partial charge in [-0.15, -0.1) is 0 Å². The third-order valence-corrected chi connectivity index (χ3v) is 3.51. The predicted octanol–water partition coefficient (Wildman–Crippen LogP) is 4.75. The molecule has 0 aliphatic rings. The summed E-state index contributed by atoms with van der Waals surface area (Å²) in [6.45, 7) is 0. The predicted molar refractivity (Wildman–Crippen MR) is 76.6 cm³/mol. The Hall–Kier alpha value is -2.34. The smallest absolute Gasteiger partial charge is 0.00139 e. The van der Waals surface area contributed by atoms with Gasteiger partial charge < -0.3 is 0 Å². The highest BCUT2D eigenvalue weighted by molar-refractivity contribution is 6.16. The minimum Gasteiger partial charge on any atom is -0.0616 e. The molecule has 18 heavy (non-hydrogen) atoms. The van der Waals surface area contributed by atoms with Crippen LogP contribution in [-0.2, 0) is 0 Å². The van der Waals surface area contributed by atoms with E-state index in [2.05, 4.69) is 66.7 Å². The summed E-state index contributed by atoms with van der Waals surface area (Å²) in [7, 11) is 0. The average molecular weight is 226 g/mol. The van der Waals surface area contributed by atoms with Gasteiger partial charge in [-0.1, -0.05) is 60.7 Å². The highest BCUT2D eigenvalue weighted by Gasteiger charge is 2.03. The van der Waals surface area contributed by atoms with E-state index in [1.807, 2.05) is 6.07 Å². The zero-order valence-electron chi connectivity index (χ0n) is 9.77. The van der Waals surface area contributed by atoms with Gasteiger partial charge in [-0.05, 0) is 44.5 Å². The molecular weight excluding hydrogens is 216 g/mol. The fraction of sp³-hybridized carbons (Fsp3) is 0. The summed E-state index contributed by atoms with van der Waals surface area (Å²) in [5.74, 6) is 0. The van der Waals surface area contributed by atoms with Gasteiger partial charge in [0, 0.05) is 0 Å². The highest BCUT2D eigenvalue weighted by atomic mass is 14.1. The fourth-order valence-electron chi connectivity index (χ4n) is 2.64. The first-order chi connectivity index (χ1) is 8.93. The quantitative estimate of drug-likeness (QED) is 0.380. The first kappa shape index (κ1) is 9.67. The van der Waals surface area contributed by atoms with Crippen molar-refractivity contribution in [3.8, 4) is 0 Å². The standard InChI is InChI=1S/C18H10/c1-3-7-15-13(5-1)9-11-18-16-8-4-2-6-14(16)10-12-17(15)18/h1,3-5,7-12H. The summed E-state index contributed by atoms with van der Waals surface area (Å²) in [5, 5.41) is 7.56. The van der Waals surface area contributed by atoms with E-state index in [0.29, 0.717) is 0 Å². The van der Waals surface area contributed by atoms with Crippen LogP contribution in [0, 0.1) is 12.1 Å². The second kappa shape index (κ2) is 3.58. The van der Waals surface area contributed by atoms with Crippen molar-refractivity contribution in [2.75, 3.05) is 0 Å². The Labute approximate surface area is 105 Å². The van der Waals surface area contributed by atoms with E-state index in [-0.39, 0.29) is 0 Å². The van der Waals surface area contributed by atoms with Crippen LogP contribution in [0.25, 0.3) is 32.3 Å². The number of fused-ring (bicyclic) bond motifs is 5. The summed E-state index contributed by atoms with van der Waals surface area (Å²) in [6.07, 6.45) is 0. The Morgan fingerprint density at radius 1 is 0.611 bits per heavy atom. The van der Waals surface area contributed by atoms with Gasteiger partial charge in [-0.2, -0.15) is 0 Å². The van der Waals surface area contributed by atoms with Crippen LogP contribution in [0.5, 0.6) is 0 Å². The molecule has 0 saturated heterocycles. The van der Waals surface area contributed by atoms with Gasteiger partial charge in [-0.25, -0.2) is 0 Å². The largest absolute Gasteiger partial charge is 0.0616 e. The van der Waals surface area contributed by atoms with Crippen LogP contribution in [0.15, 0.2) is 60.7 Å². The lowest BCUT2D eigenvalue weighted by Gasteiger charge is -2.06. The van der Waals surface area contributed by atoms with Crippen LogP contribution in [0.2, 0.25) is 0 Å². The molecule has 0 saturated carbocycles. The van der Waals surface area contributed by atoms with Crippen LogP contribution in [0.4, 0.5) is 0 Å². The minimum atomic E-state index is 1.13.